The van der Waals surface area contributed by atoms with Crippen molar-refractivity contribution in [1.29, 1.82) is 0 Å². The van der Waals surface area contributed by atoms with Gasteiger partial charge in [0.05, 0.1) is 12.7 Å². The Labute approximate surface area is 121 Å². The highest BCUT2D eigenvalue weighted by molar-refractivity contribution is 5.99. The number of ether oxygens (including phenoxy) is 1. The third-order valence-corrected chi connectivity index (χ3v) is 3.19. The molecular weight excluding hydrogens is 254 g/mol. The number of benzene rings is 1. The van der Waals surface area contributed by atoms with E-state index in [9.17, 15) is 4.79 Å². The fourth-order valence-electron chi connectivity index (χ4n) is 1.92. The summed E-state index contributed by atoms with van der Waals surface area (Å²) < 4.78 is 5.13. The van der Waals surface area contributed by atoms with E-state index in [1.165, 1.54) is 0 Å². The third-order valence-electron chi connectivity index (χ3n) is 3.19. The van der Waals surface area contributed by atoms with Crippen LogP contribution in [0.25, 0.3) is 0 Å². The maximum atomic E-state index is 12.4. The van der Waals surface area contributed by atoms with Crippen molar-refractivity contribution >= 4 is 11.6 Å². The molecule has 0 spiro atoms. The second kappa shape index (κ2) is 7.14. The molecule has 0 saturated carbocycles. The molecule has 1 atom stereocenters. The van der Waals surface area contributed by atoms with Crippen molar-refractivity contribution in [3.05, 3.63) is 23.8 Å². The van der Waals surface area contributed by atoms with Crippen LogP contribution in [0.1, 0.15) is 24.2 Å². The van der Waals surface area contributed by atoms with E-state index < -0.39 is 0 Å². The first-order chi connectivity index (χ1) is 9.35. The van der Waals surface area contributed by atoms with E-state index in [4.69, 9.17) is 10.5 Å². The minimum atomic E-state index is -0.165. The molecule has 5 nitrogen and oxygen atoms in total. The van der Waals surface area contributed by atoms with Crippen molar-refractivity contribution in [2.24, 2.45) is 5.92 Å². The third kappa shape index (κ3) is 4.42. The van der Waals surface area contributed by atoms with E-state index in [-0.39, 0.29) is 11.9 Å². The van der Waals surface area contributed by atoms with Gasteiger partial charge in [0.1, 0.15) is 5.75 Å². The van der Waals surface area contributed by atoms with Gasteiger partial charge < -0.3 is 20.7 Å². The summed E-state index contributed by atoms with van der Waals surface area (Å²) >= 11 is 0. The number of amides is 1. The zero-order valence-corrected chi connectivity index (χ0v) is 12.9. The van der Waals surface area contributed by atoms with E-state index in [1.807, 2.05) is 14.1 Å². The second-order valence-corrected chi connectivity index (χ2v) is 5.54. The average Bonchev–Trinajstić information content (AvgIpc) is 2.37. The molecule has 0 aliphatic carbocycles. The lowest BCUT2D eigenvalue weighted by Gasteiger charge is -2.26. The molecule has 0 aliphatic rings. The molecule has 5 heteroatoms. The zero-order valence-electron chi connectivity index (χ0n) is 12.9. The number of carbonyl (C=O) groups is 1. The van der Waals surface area contributed by atoms with Gasteiger partial charge in [0.25, 0.3) is 5.91 Å². The van der Waals surface area contributed by atoms with Crippen LogP contribution in [0.4, 0.5) is 5.69 Å². The van der Waals surface area contributed by atoms with Crippen molar-refractivity contribution in [1.82, 2.24) is 10.2 Å². The van der Waals surface area contributed by atoms with Crippen molar-refractivity contribution < 1.29 is 9.53 Å². The van der Waals surface area contributed by atoms with Crippen LogP contribution in [0.5, 0.6) is 5.75 Å². The molecule has 0 bridgehead atoms. The largest absolute Gasteiger partial charge is 0.497 e. The van der Waals surface area contributed by atoms with Crippen LogP contribution in [-0.4, -0.2) is 44.6 Å². The monoisotopic (exact) mass is 279 g/mol. The zero-order chi connectivity index (χ0) is 15.3. The number of hydrogen-bond donors (Lipinski definition) is 2. The molecule has 0 radical (unpaired) electrons. The summed E-state index contributed by atoms with van der Waals surface area (Å²) in [5.41, 5.74) is 6.78. The number of methoxy groups -OCH3 is 1. The molecule has 1 aromatic rings. The van der Waals surface area contributed by atoms with Gasteiger partial charge in [-0.25, -0.2) is 0 Å². The van der Waals surface area contributed by atoms with Crippen LogP contribution in [0, 0.1) is 5.92 Å². The minimum Gasteiger partial charge on any atom is -0.497 e. The van der Waals surface area contributed by atoms with Crippen LogP contribution in [0.15, 0.2) is 18.2 Å². The fourth-order valence-corrected chi connectivity index (χ4v) is 1.92. The van der Waals surface area contributed by atoms with Crippen LogP contribution >= 0.6 is 0 Å². The van der Waals surface area contributed by atoms with Crippen LogP contribution in [0.2, 0.25) is 0 Å². The van der Waals surface area contributed by atoms with Crippen LogP contribution in [0.3, 0.4) is 0 Å². The van der Waals surface area contributed by atoms with E-state index in [1.54, 1.807) is 25.3 Å². The standard InChI is InChI=1S/C15H25N3O2/c1-10(2)14(9-18(3)4)17-15(19)12-8-11(20-5)6-7-13(12)16/h6-8,10,14H,9,16H2,1-5H3,(H,17,19). The maximum Gasteiger partial charge on any atom is 0.253 e. The van der Waals surface area contributed by atoms with Gasteiger partial charge in [-0.05, 0) is 38.2 Å². The first-order valence-corrected chi connectivity index (χ1v) is 6.74. The summed E-state index contributed by atoms with van der Waals surface area (Å²) in [6.45, 7) is 4.96. The van der Waals surface area contributed by atoms with Gasteiger partial charge in [0, 0.05) is 18.3 Å². The van der Waals surface area contributed by atoms with Gasteiger partial charge in [0.2, 0.25) is 0 Å². The number of nitrogens with one attached hydrogen (secondary N) is 1. The maximum absolute atomic E-state index is 12.4. The van der Waals surface area contributed by atoms with Crippen LogP contribution < -0.4 is 15.8 Å². The van der Waals surface area contributed by atoms with Gasteiger partial charge in [0.15, 0.2) is 0 Å². The predicted octanol–water partition coefficient (Wildman–Crippen LogP) is 1.59. The Hall–Kier alpha value is -1.75. The average molecular weight is 279 g/mol. The molecule has 112 valence electrons. The highest BCUT2D eigenvalue weighted by Gasteiger charge is 2.19. The highest BCUT2D eigenvalue weighted by Crippen LogP contribution is 2.19. The lowest BCUT2D eigenvalue weighted by molar-refractivity contribution is 0.0917. The highest BCUT2D eigenvalue weighted by atomic mass is 16.5. The summed E-state index contributed by atoms with van der Waals surface area (Å²) in [5.74, 6) is 0.799. The first-order valence-electron chi connectivity index (χ1n) is 6.74. The van der Waals surface area contributed by atoms with Gasteiger partial charge in [-0.2, -0.15) is 0 Å². The molecule has 0 aromatic heterocycles. The molecule has 0 saturated heterocycles. The quantitative estimate of drug-likeness (QED) is 0.776. The number of carbonyl (C=O) groups excluding carboxylic acids is 1. The first kappa shape index (κ1) is 16.3. The lowest BCUT2D eigenvalue weighted by Crippen LogP contribution is -2.45. The number of rotatable bonds is 6. The van der Waals surface area contributed by atoms with E-state index in [0.717, 1.165) is 6.54 Å². The van der Waals surface area contributed by atoms with E-state index in [0.29, 0.717) is 22.9 Å². The fraction of sp³-hybridized carbons (Fsp3) is 0.533. The van der Waals surface area contributed by atoms with E-state index in [2.05, 4.69) is 24.1 Å². The normalized spacial score (nSPS) is 12.6. The van der Waals surface area contributed by atoms with Crippen molar-refractivity contribution in [3.63, 3.8) is 0 Å². The Morgan fingerprint density at radius 1 is 1.40 bits per heavy atom. The minimum absolute atomic E-state index is 0.0723. The van der Waals surface area contributed by atoms with Crippen molar-refractivity contribution in [2.45, 2.75) is 19.9 Å². The molecule has 1 aromatic carbocycles. The second-order valence-electron chi connectivity index (χ2n) is 5.54. The molecule has 1 amide bonds. The Morgan fingerprint density at radius 3 is 2.55 bits per heavy atom. The smallest absolute Gasteiger partial charge is 0.253 e. The van der Waals surface area contributed by atoms with Gasteiger partial charge in [-0.15, -0.1) is 0 Å². The Kier molecular flexibility index (Phi) is 5.82. The molecule has 1 unspecified atom stereocenters. The molecule has 0 heterocycles. The summed E-state index contributed by atoms with van der Waals surface area (Å²) in [4.78, 5) is 14.4. The topological polar surface area (TPSA) is 67.6 Å². The number of nitrogens with zero attached hydrogens (tertiary/aromatic N) is 1. The van der Waals surface area contributed by atoms with Crippen LogP contribution in [-0.2, 0) is 0 Å². The molecule has 3 N–H and O–H groups in total. The van der Waals surface area contributed by atoms with E-state index >= 15 is 0 Å². The number of hydrogen-bond acceptors (Lipinski definition) is 4. The molecule has 20 heavy (non-hydrogen) atoms. The molecule has 0 aliphatic heterocycles. The molecule has 1 rings (SSSR count). The van der Waals surface area contributed by atoms with Gasteiger partial charge in [-0.1, -0.05) is 13.8 Å². The number of nitrogen functional groups attached to an aromatic ring is 1. The van der Waals surface area contributed by atoms with Crippen molar-refractivity contribution in [3.8, 4) is 5.75 Å². The Morgan fingerprint density at radius 2 is 2.05 bits per heavy atom. The lowest BCUT2D eigenvalue weighted by atomic mass is 10.0. The Bertz CT molecular complexity index is 458. The molecule has 0 fully saturated rings. The number of anilines is 1. The van der Waals surface area contributed by atoms with Gasteiger partial charge in [-0.3, -0.25) is 4.79 Å². The van der Waals surface area contributed by atoms with Gasteiger partial charge >= 0.3 is 0 Å². The molecular formula is C15H25N3O2. The summed E-state index contributed by atoms with van der Waals surface area (Å²) in [5, 5.41) is 3.04. The summed E-state index contributed by atoms with van der Waals surface area (Å²) in [6.07, 6.45) is 0. The SMILES string of the molecule is COc1ccc(N)c(C(=O)NC(CN(C)C)C(C)C)c1. The van der Waals surface area contributed by atoms with Crippen molar-refractivity contribution in [2.75, 3.05) is 33.5 Å². The predicted molar refractivity (Wildman–Crippen MR) is 82.1 cm³/mol. The number of nitrogens with two attached hydrogens (primary N) is 1. The Balaban J connectivity index is 2.88. The number of likely N-dealkylation sites (N-methyl/N-ethyl adjacent to an activating group) is 1. The summed E-state index contributed by atoms with van der Waals surface area (Å²) in [7, 11) is 5.54. The summed E-state index contributed by atoms with van der Waals surface area (Å²) in [6, 6.07) is 5.16.